The number of Topliss-reactive ketones (excluding diaryl/α,β-unsaturated/α-hetero) is 1. The molecule has 1 aromatic heterocycles. The molecule has 0 fully saturated rings. The van der Waals surface area contributed by atoms with Gasteiger partial charge in [0.1, 0.15) is 10.8 Å². The highest BCUT2D eigenvalue weighted by Gasteiger charge is 2.18. The summed E-state index contributed by atoms with van der Waals surface area (Å²) in [5.74, 6) is 0.567. The van der Waals surface area contributed by atoms with E-state index < -0.39 is 0 Å². The van der Waals surface area contributed by atoms with Gasteiger partial charge in [0, 0.05) is 21.5 Å². The van der Waals surface area contributed by atoms with Crippen molar-refractivity contribution in [3.8, 4) is 21.0 Å². The standard InChI is InChI=1S/C21H19BrClNOS/c1-13(2)10-18(25)12-19-20(15-4-3-5-17(23)11-15)26-21(24-19)14-6-8-16(22)9-7-14/h3-9,11,13H,10,12H2,1-2H3. The maximum absolute atomic E-state index is 12.4. The second-order valence-corrected chi connectivity index (χ2v) is 8.98. The zero-order valence-electron chi connectivity index (χ0n) is 14.6. The lowest BCUT2D eigenvalue weighted by atomic mass is 10.0. The maximum Gasteiger partial charge on any atom is 0.139 e. The summed E-state index contributed by atoms with van der Waals surface area (Å²) in [6.07, 6.45) is 0.924. The fourth-order valence-corrected chi connectivity index (χ4v) is 4.30. The summed E-state index contributed by atoms with van der Waals surface area (Å²) in [5.41, 5.74) is 2.88. The van der Waals surface area contributed by atoms with E-state index in [-0.39, 0.29) is 5.78 Å². The molecule has 0 radical (unpaired) electrons. The van der Waals surface area contributed by atoms with Gasteiger partial charge in [-0.1, -0.05) is 65.6 Å². The van der Waals surface area contributed by atoms with Crippen molar-refractivity contribution < 1.29 is 4.79 Å². The van der Waals surface area contributed by atoms with Crippen molar-refractivity contribution >= 4 is 44.7 Å². The van der Waals surface area contributed by atoms with E-state index in [0.29, 0.717) is 23.8 Å². The van der Waals surface area contributed by atoms with Crippen LogP contribution in [-0.4, -0.2) is 10.8 Å². The number of ketones is 1. The fraction of sp³-hybridized carbons (Fsp3) is 0.238. The Hall–Kier alpha value is -1.49. The van der Waals surface area contributed by atoms with E-state index in [4.69, 9.17) is 16.6 Å². The number of nitrogens with zero attached hydrogens (tertiary/aromatic N) is 1. The fourth-order valence-electron chi connectivity index (χ4n) is 2.76. The van der Waals surface area contributed by atoms with Gasteiger partial charge in [0.05, 0.1) is 17.0 Å². The van der Waals surface area contributed by atoms with E-state index in [1.807, 2.05) is 48.5 Å². The highest BCUT2D eigenvalue weighted by molar-refractivity contribution is 9.10. The normalized spacial score (nSPS) is 11.1. The molecule has 0 amide bonds. The molecule has 0 saturated carbocycles. The lowest BCUT2D eigenvalue weighted by Gasteiger charge is -2.05. The Kier molecular flexibility index (Phi) is 6.28. The second kappa shape index (κ2) is 8.47. The Morgan fingerprint density at radius 3 is 2.54 bits per heavy atom. The molecule has 0 spiro atoms. The molecule has 3 aromatic rings. The number of benzene rings is 2. The number of hydrogen-bond donors (Lipinski definition) is 0. The van der Waals surface area contributed by atoms with Gasteiger partial charge < -0.3 is 0 Å². The predicted octanol–water partition coefficient (Wildman–Crippen LogP) is 7.05. The third kappa shape index (κ3) is 4.81. The largest absolute Gasteiger partial charge is 0.299 e. The van der Waals surface area contributed by atoms with Crippen LogP contribution in [0, 0.1) is 5.92 Å². The number of thiazole rings is 1. The SMILES string of the molecule is CC(C)CC(=O)Cc1nc(-c2ccc(Br)cc2)sc1-c1cccc(Cl)c1. The highest BCUT2D eigenvalue weighted by Crippen LogP contribution is 2.37. The number of carbonyl (C=O) groups excluding carboxylic acids is 1. The lowest BCUT2D eigenvalue weighted by molar-refractivity contribution is -0.119. The first-order chi connectivity index (χ1) is 12.4. The third-order valence-electron chi connectivity index (χ3n) is 3.88. The van der Waals surface area contributed by atoms with Crippen molar-refractivity contribution in [1.82, 2.24) is 4.98 Å². The second-order valence-electron chi connectivity index (χ2n) is 6.63. The molecular formula is C21H19BrClNOS. The van der Waals surface area contributed by atoms with Gasteiger partial charge in [0.2, 0.25) is 0 Å². The molecule has 5 heteroatoms. The summed E-state index contributed by atoms with van der Waals surface area (Å²) in [5, 5.41) is 1.60. The van der Waals surface area contributed by atoms with Crippen molar-refractivity contribution in [2.24, 2.45) is 5.92 Å². The van der Waals surface area contributed by atoms with E-state index >= 15 is 0 Å². The first kappa shape index (κ1) is 19.3. The van der Waals surface area contributed by atoms with Crippen LogP contribution in [0.2, 0.25) is 5.02 Å². The summed E-state index contributed by atoms with van der Waals surface area (Å²) in [4.78, 5) is 18.2. The summed E-state index contributed by atoms with van der Waals surface area (Å²) < 4.78 is 1.03. The van der Waals surface area contributed by atoms with Gasteiger partial charge in [-0.3, -0.25) is 4.79 Å². The number of aromatic nitrogens is 1. The minimum Gasteiger partial charge on any atom is -0.299 e. The quantitative estimate of drug-likeness (QED) is 0.404. The van der Waals surface area contributed by atoms with Gasteiger partial charge in [-0.05, 0) is 35.7 Å². The monoisotopic (exact) mass is 447 g/mol. The number of halogens is 2. The van der Waals surface area contributed by atoms with Crippen LogP contribution in [0.15, 0.2) is 53.0 Å². The van der Waals surface area contributed by atoms with Gasteiger partial charge in [-0.15, -0.1) is 11.3 Å². The van der Waals surface area contributed by atoms with Crippen molar-refractivity contribution in [2.45, 2.75) is 26.7 Å². The number of rotatable bonds is 6. The summed E-state index contributed by atoms with van der Waals surface area (Å²) >= 11 is 11.2. The molecule has 2 nitrogen and oxygen atoms in total. The van der Waals surface area contributed by atoms with E-state index in [0.717, 1.165) is 31.2 Å². The topological polar surface area (TPSA) is 30.0 Å². The molecule has 0 N–H and O–H groups in total. The molecule has 0 bridgehead atoms. The average Bonchev–Trinajstić information content (AvgIpc) is 2.98. The molecular weight excluding hydrogens is 430 g/mol. The van der Waals surface area contributed by atoms with Crippen LogP contribution >= 0.6 is 38.9 Å². The Labute approximate surface area is 171 Å². The molecule has 1 heterocycles. The Balaban J connectivity index is 2.02. The van der Waals surface area contributed by atoms with Crippen LogP contribution in [0.4, 0.5) is 0 Å². The molecule has 2 aromatic carbocycles. The number of hydrogen-bond acceptors (Lipinski definition) is 3. The first-order valence-corrected chi connectivity index (χ1v) is 10.4. The van der Waals surface area contributed by atoms with E-state index in [2.05, 4.69) is 29.8 Å². The van der Waals surface area contributed by atoms with Crippen LogP contribution in [-0.2, 0) is 11.2 Å². The van der Waals surface area contributed by atoms with Gasteiger partial charge >= 0.3 is 0 Å². The molecule has 0 atom stereocenters. The predicted molar refractivity (Wildman–Crippen MR) is 114 cm³/mol. The van der Waals surface area contributed by atoms with Crippen LogP contribution in [0.5, 0.6) is 0 Å². The lowest BCUT2D eigenvalue weighted by Crippen LogP contribution is -2.07. The zero-order chi connectivity index (χ0) is 18.7. The van der Waals surface area contributed by atoms with Crippen molar-refractivity contribution in [3.05, 3.63) is 63.7 Å². The van der Waals surface area contributed by atoms with Gasteiger partial charge in [-0.25, -0.2) is 4.98 Å². The zero-order valence-corrected chi connectivity index (χ0v) is 17.8. The summed E-state index contributed by atoms with van der Waals surface area (Å²) in [7, 11) is 0. The Morgan fingerprint density at radius 2 is 1.88 bits per heavy atom. The van der Waals surface area contributed by atoms with Crippen LogP contribution in [0.1, 0.15) is 26.0 Å². The molecule has 0 aliphatic heterocycles. The molecule has 0 unspecified atom stereocenters. The number of carbonyl (C=O) groups is 1. The highest BCUT2D eigenvalue weighted by atomic mass is 79.9. The van der Waals surface area contributed by atoms with Crippen molar-refractivity contribution in [3.63, 3.8) is 0 Å². The van der Waals surface area contributed by atoms with Crippen LogP contribution in [0.25, 0.3) is 21.0 Å². The molecule has 3 rings (SSSR count). The third-order valence-corrected chi connectivity index (χ3v) is 5.84. The summed E-state index contributed by atoms with van der Waals surface area (Å²) in [6, 6.07) is 15.8. The Bertz CT molecular complexity index is 918. The van der Waals surface area contributed by atoms with Crippen molar-refractivity contribution in [2.75, 3.05) is 0 Å². The van der Waals surface area contributed by atoms with E-state index in [1.54, 1.807) is 11.3 Å². The molecule has 0 saturated heterocycles. The molecule has 134 valence electrons. The van der Waals surface area contributed by atoms with E-state index in [1.165, 1.54) is 0 Å². The van der Waals surface area contributed by atoms with Gasteiger partial charge in [0.15, 0.2) is 0 Å². The minimum absolute atomic E-state index is 0.218. The van der Waals surface area contributed by atoms with Gasteiger partial charge in [-0.2, -0.15) is 0 Å². The minimum atomic E-state index is 0.218. The first-order valence-electron chi connectivity index (χ1n) is 8.45. The Morgan fingerprint density at radius 1 is 1.15 bits per heavy atom. The molecule has 0 aliphatic rings. The van der Waals surface area contributed by atoms with Crippen LogP contribution < -0.4 is 0 Å². The van der Waals surface area contributed by atoms with Crippen LogP contribution in [0.3, 0.4) is 0 Å². The molecule has 26 heavy (non-hydrogen) atoms. The van der Waals surface area contributed by atoms with Gasteiger partial charge in [0.25, 0.3) is 0 Å². The maximum atomic E-state index is 12.4. The molecule has 0 aliphatic carbocycles. The smallest absolute Gasteiger partial charge is 0.139 e. The van der Waals surface area contributed by atoms with Crippen molar-refractivity contribution in [1.29, 1.82) is 0 Å². The average molecular weight is 449 g/mol. The van der Waals surface area contributed by atoms with E-state index in [9.17, 15) is 4.79 Å². The summed E-state index contributed by atoms with van der Waals surface area (Å²) in [6.45, 7) is 4.12.